The van der Waals surface area contributed by atoms with Gasteiger partial charge in [-0.15, -0.1) is 0 Å². The lowest BCUT2D eigenvalue weighted by atomic mass is 10.1. The first kappa shape index (κ1) is 19.6. The zero-order chi connectivity index (χ0) is 20.8. The van der Waals surface area contributed by atoms with E-state index in [2.05, 4.69) is 43.8 Å². The molecule has 2 heterocycles. The summed E-state index contributed by atoms with van der Waals surface area (Å²) < 4.78 is 0. The van der Waals surface area contributed by atoms with Crippen LogP contribution in [-0.4, -0.2) is 33.9 Å². The standard InChI is InChI=1S/C24H25N5O/c1-17-15-22(29-24(28-17)26-13-11-18-7-3-2-4-8-18)23(30)25-14-12-19-16-27-21-10-6-5-9-20(19)21/h2-10,15-16,27H,11-14H2,1H3,(H,25,30)(H,26,28,29). The van der Waals surface area contributed by atoms with Gasteiger partial charge < -0.3 is 15.6 Å². The molecule has 0 aliphatic rings. The Kier molecular flexibility index (Phi) is 6.03. The number of carbonyl (C=O) groups is 1. The number of hydrogen-bond donors (Lipinski definition) is 3. The predicted octanol–water partition coefficient (Wildman–Crippen LogP) is 3.89. The Balaban J connectivity index is 1.33. The number of para-hydroxylation sites is 1. The maximum Gasteiger partial charge on any atom is 0.270 e. The first-order valence-electron chi connectivity index (χ1n) is 10.2. The number of rotatable bonds is 8. The van der Waals surface area contributed by atoms with Gasteiger partial charge in [-0.25, -0.2) is 9.97 Å². The molecule has 2 aromatic heterocycles. The molecule has 0 aliphatic heterocycles. The van der Waals surface area contributed by atoms with Crippen LogP contribution in [0.15, 0.2) is 66.9 Å². The van der Waals surface area contributed by atoms with Crippen LogP contribution >= 0.6 is 0 Å². The summed E-state index contributed by atoms with van der Waals surface area (Å²) in [5, 5.41) is 7.38. The fourth-order valence-electron chi connectivity index (χ4n) is 3.47. The Bertz CT molecular complexity index is 1140. The number of aromatic amines is 1. The second kappa shape index (κ2) is 9.22. The van der Waals surface area contributed by atoms with Crippen molar-refractivity contribution in [3.05, 3.63) is 89.4 Å². The minimum absolute atomic E-state index is 0.188. The van der Waals surface area contributed by atoms with Crippen LogP contribution < -0.4 is 10.6 Å². The molecular weight excluding hydrogens is 374 g/mol. The van der Waals surface area contributed by atoms with E-state index < -0.39 is 0 Å². The van der Waals surface area contributed by atoms with Crippen molar-refractivity contribution in [1.29, 1.82) is 0 Å². The van der Waals surface area contributed by atoms with Gasteiger partial charge in [-0.1, -0.05) is 48.5 Å². The zero-order valence-corrected chi connectivity index (χ0v) is 17.0. The fourth-order valence-corrected chi connectivity index (χ4v) is 3.47. The summed E-state index contributed by atoms with van der Waals surface area (Å²) in [7, 11) is 0. The number of hydrogen-bond acceptors (Lipinski definition) is 4. The van der Waals surface area contributed by atoms with E-state index in [1.54, 1.807) is 6.07 Å². The van der Waals surface area contributed by atoms with Gasteiger partial charge >= 0.3 is 0 Å². The molecule has 0 saturated heterocycles. The molecule has 4 rings (SSSR count). The van der Waals surface area contributed by atoms with Gasteiger partial charge in [-0.05, 0) is 43.0 Å². The van der Waals surface area contributed by atoms with Gasteiger partial charge in [0.15, 0.2) is 0 Å². The average Bonchev–Trinajstić information content (AvgIpc) is 3.17. The molecule has 0 fully saturated rings. The SMILES string of the molecule is Cc1cc(C(=O)NCCc2c[nH]c3ccccc23)nc(NCCc2ccccc2)n1. The van der Waals surface area contributed by atoms with E-state index in [4.69, 9.17) is 0 Å². The van der Waals surface area contributed by atoms with Crippen LogP contribution in [0, 0.1) is 6.92 Å². The monoisotopic (exact) mass is 399 g/mol. The molecule has 0 unspecified atom stereocenters. The Morgan fingerprint density at radius 3 is 2.63 bits per heavy atom. The number of anilines is 1. The molecule has 1 amide bonds. The molecule has 4 aromatic rings. The van der Waals surface area contributed by atoms with Gasteiger partial charge in [0.05, 0.1) is 0 Å². The van der Waals surface area contributed by atoms with Gasteiger partial charge in [0.1, 0.15) is 5.69 Å². The van der Waals surface area contributed by atoms with Crippen molar-refractivity contribution in [2.45, 2.75) is 19.8 Å². The average molecular weight is 399 g/mol. The summed E-state index contributed by atoms with van der Waals surface area (Å²) in [5.41, 5.74) is 4.68. The highest BCUT2D eigenvalue weighted by Crippen LogP contribution is 2.17. The van der Waals surface area contributed by atoms with Gasteiger partial charge in [-0.2, -0.15) is 0 Å². The third-order valence-corrected chi connectivity index (χ3v) is 4.98. The fraction of sp³-hybridized carbons (Fsp3) is 0.208. The summed E-state index contributed by atoms with van der Waals surface area (Å²) in [6.45, 7) is 3.11. The summed E-state index contributed by atoms with van der Waals surface area (Å²) in [6.07, 6.45) is 3.62. The first-order valence-corrected chi connectivity index (χ1v) is 10.2. The molecule has 0 radical (unpaired) electrons. The molecule has 0 spiro atoms. The van der Waals surface area contributed by atoms with E-state index in [9.17, 15) is 4.79 Å². The Labute approximate surface area is 175 Å². The minimum Gasteiger partial charge on any atom is -0.361 e. The van der Waals surface area contributed by atoms with Gasteiger partial charge in [0, 0.05) is 35.9 Å². The smallest absolute Gasteiger partial charge is 0.270 e. The maximum atomic E-state index is 12.6. The lowest BCUT2D eigenvalue weighted by Gasteiger charge is -2.09. The number of nitrogens with one attached hydrogen (secondary N) is 3. The minimum atomic E-state index is -0.188. The molecule has 0 atom stereocenters. The number of H-pyrrole nitrogens is 1. The van der Waals surface area contributed by atoms with E-state index in [1.165, 1.54) is 16.5 Å². The van der Waals surface area contributed by atoms with Crippen molar-refractivity contribution in [2.24, 2.45) is 0 Å². The Hall–Kier alpha value is -3.67. The van der Waals surface area contributed by atoms with Crippen LogP contribution in [0.25, 0.3) is 10.9 Å². The van der Waals surface area contributed by atoms with Crippen molar-refractivity contribution in [3.63, 3.8) is 0 Å². The molecule has 6 nitrogen and oxygen atoms in total. The van der Waals surface area contributed by atoms with E-state index in [0.29, 0.717) is 24.7 Å². The maximum absolute atomic E-state index is 12.6. The Morgan fingerprint density at radius 1 is 0.967 bits per heavy atom. The molecule has 2 aromatic carbocycles. The highest BCUT2D eigenvalue weighted by Gasteiger charge is 2.11. The van der Waals surface area contributed by atoms with Crippen LogP contribution in [0.2, 0.25) is 0 Å². The number of amides is 1. The molecule has 30 heavy (non-hydrogen) atoms. The number of aromatic nitrogens is 3. The largest absolute Gasteiger partial charge is 0.361 e. The molecule has 6 heteroatoms. The molecule has 152 valence electrons. The normalized spacial score (nSPS) is 10.8. The van der Waals surface area contributed by atoms with E-state index in [1.807, 2.05) is 49.5 Å². The Morgan fingerprint density at radius 2 is 1.77 bits per heavy atom. The van der Waals surface area contributed by atoms with E-state index in [0.717, 1.165) is 24.1 Å². The predicted molar refractivity (Wildman–Crippen MR) is 120 cm³/mol. The van der Waals surface area contributed by atoms with Gasteiger partial charge in [0.2, 0.25) is 5.95 Å². The van der Waals surface area contributed by atoms with Crippen LogP contribution in [-0.2, 0) is 12.8 Å². The highest BCUT2D eigenvalue weighted by molar-refractivity contribution is 5.92. The zero-order valence-electron chi connectivity index (χ0n) is 17.0. The van der Waals surface area contributed by atoms with Gasteiger partial charge in [0.25, 0.3) is 5.91 Å². The van der Waals surface area contributed by atoms with Crippen molar-refractivity contribution in [1.82, 2.24) is 20.3 Å². The summed E-state index contributed by atoms with van der Waals surface area (Å²) in [6, 6.07) is 20.1. The second-order valence-electron chi connectivity index (χ2n) is 7.25. The van der Waals surface area contributed by atoms with E-state index >= 15 is 0 Å². The van der Waals surface area contributed by atoms with Crippen LogP contribution in [0.4, 0.5) is 5.95 Å². The lowest BCUT2D eigenvalue weighted by Crippen LogP contribution is -2.27. The first-order chi connectivity index (χ1) is 14.7. The molecule has 0 bridgehead atoms. The third-order valence-electron chi connectivity index (χ3n) is 4.98. The summed E-state index contributed by atoms with van der Waals surface area (Å²) in [5.74, 6) is 0.291. The third kappa shape index (κ3) is 4.84. The number of carbonyl (C=O) groups excluding carboxylic acids is 1. The number of nitrogens with zero attached hydrogens (tertiary/aromatic N) is 2. The molecule has 3 N–H and O–H groups in total. The number of benzene rings is 2. The van der Waals surface area contributed by atoms with Gasteiger partial charge in [-0.3, -0.25) is 4.79 Å². The van der Waals surface area contributed by atoms with Crippen LogP contribution in [0.3, 0.4) is 0 Å². The highest BCUT2D eigenvalue weighted by atomic mass is 16.1. The van der Waals surface area contributed by atoms with Crippen molar-refractivity contribution < 1.29 is 4.79 Å². The van der Waals surface area contributed by atoms with Crippen molar-refractivity contribution >= 4 is 22.8 Å². The second-order valence-corrected chi connectivity index (χ2v) is 7.25. The molecule has 0 saturated carbocycles. The van der Waals surface area contributed by atoms with E-state index in [-0.39, 0.29) is 5.91 Å². The molecular formula is C24H25N5O. The number of fused-ring (bicyclic) bond motifs is 1. The van der Waals surface area contributed by atoms with Crippen LogP contribution in [0.1, 0.15) is 27.3 Å². The topological polar surface area (TPSA) is 82.7 Å². The van der Waals surface area contributed by atoms with Crippen molar-refractivity contribution in [2.75, 3.05) is 18.4 Å². The van der Waals surface area contributed by atoms with Crippen molar-refractivity contribution in [3.8, 4) is 0 Å². The summed E-state index contributed by atoms with van der Waals surface area (Å²) >= 11 is 0. The quantitative estimate of drug-likeness (QED) is 0.420. The lowest BCUT2D eigenvalue weighted by molar-refractivity contribution is 0.0949. The molecule has 0 aliphatic carbocycles. The van der Waals surface area contributed by atoms with Crippen LogP contribution in [0.5, 0.6) is 0 Å². The summed E-state index contributed by atoms with van der Waals surface area (Å²) in [4.78, 5) is 24.6. The number of aryl methyl sites for hydroxylation is 1.